The Morgan fingerprint density at radius 1 is 1.47 bits per heavy atom. The van der Waals surface area contributed by atoms with Gasteiger partial charge in [-0.25, -0.2) is 0 Å². The monoisotopic (exact) mass is 233 g/mol. The Morgan fingerprint density at radius 3 is 2.71 bits per heavy atom. The van der Waals surface area contributed by atoms with E-state index in [4.69, 9.17) is 5.26 Å². The van der Waals surface area contributed by atoms with Crippen LogP contribution in [0.1, 0.15) is 10.5 Å². The van der Waals surface area contributed by atoms with Crippen LogP contribution < -0.4 is 0 Å². The fourth-order valence-electron chi connectivity index (χ4n) is 1.90. The Kier molecular flexibility index (Phi) is 3.40. The first-order chi connectivity index (χ1) is 8.20. The molecular formula is C11H15N5O. The van der Waals surface area contributed by atoms with Gasteiger partial charge in [-0.2, -0.15) is 10.4 Å². The molecule has 0 atom stereocenters. The van der Waals surface area contributed by atoms with Crippen molar-refractivity contribution in [1.29, 1.82) is 5.26 Å². The maximum absolute atomic E-state index is 12.0. The van der Waals surface area contributed by atoms with E-state index in [0.29, 0.717) is 25.3 Å². The fraction of sp³-hybridized carbons (Fsp3) is 0.545. The van der Waals surface area contributed by atoms with Crippen molar-refractivity contribution in [2.75, 3.05) is 32.7 Å². The summed E-state index contributed by atoms with van der Waals surface area (Å²) in [7, 11) is 1.79. The Labute approximate surface area is 100 Å². The summed E-state index contributed by atoms with van der Waals surface area (Å²) in [5.74, 6) is -0.0257. The molecule has 2 heterocycles. The molecule has 1 saturated heterocycles. The zero-order valence-corrected chi connectivity index (χ0v) is 9.83. The van der Waals surface area contributed by atoms with Crippen molar-refractivity contribution in [1.82, 2.24) is 19.6 Å². The van der Waals surface area contributed by atoms with Crippen molar-refractivity contribution in [2.45, 2.75) is 0 Å². The van der Waals surface area contributed by atoms with Crippen LogP contribution in [0.2, 0.25) is 0 Å². The third-order valence-electron chi connectivity index (χ3n) is 2.89. The maximum Gasteiger partial charge on any atom is 0.274 e. The van der Waals surface area contributed by atoms with Crippen LogP contribution in [-0.4, -0.2) is 58.2 Å². The average Bonchev–Trinajstić information content (AvgIpc) is 2.76. The lowest BCUT2D eigenvalue weighted by Gasteiger charge is -2.32. The highest BCUT2D eigenvalue weighted by Gasteiger charge is 2.23. The second kappa shape index (κ2) is 4.97. The molecule has 0 radical (unpaired) electrons. The molecule has 1 aliphatic heterocycles. The van der Waals surface area contributed by atoms with Crippen molar-refractivity contribution in [2.24, 2.45) is 7.05 Å². The van der Waals surface area contributed by atoms with Gasteiger partial charge in [-0.15, -0.1) is 0 Å². The van der Waals surface area contributed by atoms with Gasteiger partial charge < -0.3 is 4.90 Å². The van der Waals surface area contributed by atoms with Gasteiger partial charge in [0.1, 0.15) is 5.69 Å². The zero-order chi connectivity index (χ0) is 12.3. The lowest BCUT2D eigenvalue weighted by Crippen LogP contribution is -2.48. The minimum absolute atomic E-state index is 0.0257. The summed E-state index contributed by atoms with van der Waals surface area (Å²) in [6.45, 7) is 3.28. The standard InChI is InChI=1S/C11H15N5O/c1-14-4-2-10(13-14)11(17)16-8-6-15(5-3-12)7-9-16/h2,4H,5-9H2,1H3. The summed E-state index contributed by atoms with van der Waals surface area (Å²) in [6.07, 6.45) is 1.76. The molecule has 2 rings (SSSR count). The molecule has 1 fully saturated rings. The van der Waals surface area contributed by atoms with Crippen molar-refractivity contribution in [3.05, 3.63) is 18.0 Å². The molecule has 6 heteroatoms. The van der Waals surface area contributed by atoms with E-state index in [1.54, 1.807) is 28.9 Å². The number of nitrogens with zero attached hydrogens (tertiary/aromatic N) is 5. The maximum atomic E-state index is 12.0. The van der Waals surface area contributed by atoms with Crippen LogP contribution in [0.25, 0.3) is 0 Å². The largest absolute Gasteiger partial charge is 0.335 e. The molecule has 1 aromatic rings. The summed E-state index contributed by atoms with van der Waals surface area (Å²) in [5.41, 5.74) is 0.487. The number of nitriles is 1. The quantitative estimate of drug-likeness (QED) is 0.658. The second-order valence-electron chi connectivity index (χ2n) is 4.10. The van der Waals surface area contributed by atoms with E-state index in [9.17, 15) is 4.79 Å². The summed E-state index contributed by atoms with van der Waals surface area (Å²) < 4.78 is 1.62. The van der Waals surface area contributed by atoms with Crippen LogP contribution in [0.15, 0.2) is 12.3 Å². The first kappa shape index (κ1) is 11.6. The van der Waals surface area contributed by atoms with Gasteiger partial charge in [-0.1, -0.05) is 0 Å². The number of hydrogen-bond acceptors (Lipinski definition) is 4. The van der Waals surface area contributed by atoms with E-state index in [0.717, 1.165) is 13.1 Å². The number of carbonyl (C=O) groups excluding carboxylic acids is 1. The molecule has 0 N–H and O–H groups in total. The van der Waals surface area contributed by atoms with E-state index in [-0.39, 0.29) is 5.91 Å². The normalized spacial score (nSPS) is 16.8. The third-order valence-corrected chi connectivity index (χ3v) is 2.89. The zero-order valence-electron chi connectivity index (χ0n) is 9.83. The molecule has 1 amide bonds. The van der Waals surface area contributed by atoms with Crippen LogP contribution in [0.4, 0.5) is 0 Å². The van der Waals surface area contributed by atoms with Gasteiger partial charge >= 0.3 is 0 Å². The molecule has 0 spiro atoms. The molecule has 6 nitrogen and oxygen atoms in total. The average molecular weight is 233 g/mol. The van der Waals surface area contributed by atoms with Crippen LogP contribution in [0.5, 0.6) is 0 Å². The molecule has 0 unspecified atom stereocenters. The van der Waals surface area contributed by atoms with Gasteiger partial charge in [-0.3, -0.25) is 14.4 Å². The molecule has 90 valence electrons. The number of aryl methyl sites for hydroxylation is 1. The molecule has 0 saturated carbocycles. The highest BCUT2D eigenvalue weighted by atomic mass is 16.2. The summed E-state index contributed by atoms with van der Waals surface area (Å²) >= 11 is 0. The van der Waals surface area contributed by atoms with Gasteiger partial charge in [-0.05, 0) is 6.07 Å². The first-order valence-electron chi connectivity index (χ1n) is 5.59. The third kappa shape index (κ3) is 2.63. The SMILES string of the molecule is Cn1ccc(C(=O)N2CCN(CC#N)CC2)n1. The van der Waals surface area contributed by atoms with Gasteiger partial charge in [0, 0.05) is 39.4 Å². The minimum atomic E-state index is -0.0257. The number of aromatic nitrogens is 2. The van der Waals surface area contributed by atoms with Crippen LogP contribution in [0, 0.1) is 11.3 Å². The summed E-state index contributed by atoms with van der Waals surface area (Å²) in [6, 6.07) is 3.85. The number of rotatable bonds is 2. The van der Waals surface area contributed by atoms with E-state index in [1.807, 2.05) is 4.90 Å². The van der Waals surface area contributed by atoms with Crippen molar-refractivity contribution in [3.8, 4) is 6.07 Å². The predicted molar refractivity (Wildman–Crippen MR) is 61.2 cm³/mol. The molecule has 0 bridgehead atoms. The van der Waals surface area contributed by atoms with Gasteiger partial charge in [0.25, 0.3) is 5.91 Å². The van der Waals surface area contributed by atoms with E-state index in [1.165, 1.54) is 0 Å². The topological polar surface area (TPSA) is 65.2 Å². The molecule has 0 aromatic carbocycles. The number of hydrogen-bond donors (Lipinski definition) is 0. The molecule has 17 heavy (non-hydrogen) atoms. The summed E-state index contributed by atoms with van der Waals surface area (Å²) in [5, 5.41) is 12.7. The Morgan fingerprint density at radius 2 is 2.18 bits per heavy atom. The fourth-order valence-corrected chi connectivity index (χ4v) is 1.90. The second-order valence-corrected chi connectivity index (χ2v) is 4.10. The highest BCUT2D eigenvalue weighted by Crippen LogP contribution is 2.06. The van der Waals surface area contributed by atoms with Gasteiger partial charge in [0.05, 0.1) is 12.6 Å². The van der Waals surface area contributed by atoms with E-state index in [2.05, 4.69) is 11.2 Å². The van der Waals surface area contributed by atoms with Crippen molar-refractivity contribution < 1.29 is 4.79 Å². The van der Waals surface area contributed by atoms with Gasteiger partial charge in [0.15, 0.2) is 0 Å². The van der Waals surface area contributed by atoms with E-state index < -0.39 is 0 Å². The molecule has 1 aromatic heterocycles. The first-order valence-corrected chi connectivity index (χ1v) is 5.59. The minimum Gasteiger partial charge on any atom is -0.335 e. The van der Waals surface area contributed by atoms with E-state index >= 15 is 0 Å². The molecule has 1 aliphatic rings. The van der Waals surface area contributed by atoms with Crippen LogP contribution in [-0.2, 0) is 7.05 Å². The number of amides is 1. The Hall–Kier alpha value is -1.87. The predicted octanol–water partition coefficient (Wildman–Crippen LogP) is -0.299. The smallest absolute Gasteiger partial charge is 0.274 e. The van der Waals surface area contributed by atoms with Crippen molar-refractivity contribution in [3.63, 3.8) is 0 Å². The lowest BCUT2D eigenvalue weighted by molar-refractivity contribution is 0.0645. The Balaban J connectivity index is 1.93. The van der Waals surface area contributed by atoms with Gasteiger partial charge in [0.2, 0.25) is 0 Å². The Bertz CT molecular complexity index is 439. The lowest BCUT2D eigenvalue weighted by atomic mass is 10.3. The van der Waals surface area contributed by atoms with Crippen LogP contribution >= 0.6 is 0 Å². The number of carbonyl (C=O) groups is 1. The summed E-state index contributed by atoms with van der Waals surface area (Å²) in [4.78, 5) is 15.9. The highest BCUT2D eigenvalue weighted by molar-refractivity contribution is 5.92. The van der Waals surface area contributed by atoms with Crippen LogP contribution in [0.3, 0.4) is 0 Å². The number of piperazine rings is 1. The molecule has 0 aliphatic carbocycles. The van der Waals surface area contributed by atoms with Crippen molar-refractivity contribution >= 4 is 5.91 Å². The molecular weight excluding hydrogens is 218 g/mol.